The fourth-order valence-electron chi connectivity index (χ4n) is 2.14. The lowest BCUT2D eigenvalue weighted by Crippen LogP contribution is -2.39. The van der Waals surface area contributed by atoms with Crippen molar-refractivity contribution in [3.05, 3.63) is 34.3 Å². The molecule has 1 saturated heterocycles. The van der Waals surface area contributed by atoms with E-state index < -0.39 is 0 Å². The van der Waals surface area contributed by atoms with Crippen LogP contribution < -0.4 is 5.32 Å². The number of aliphatic hydroxyl groups is 1. The highest BCUT2D eigenvalue weighted by molar-refractivity contribution is 6.32. The van der Waals surface area contributed by atoms with Crippen LogP contribution in [0.15, 0.2) is 18.2 Å². The van der Waals surface area contributed by atoms with Gasteiger partial charge in [-0.25, -0.2) is 0 Å². The minimum Gasteiger partial charge on any atom is -0.395 e. The predicted molar refractivity (Wildman–Crippen MR) is 81.3 cm³/mol. The molecule has 112 valence electrons. The molecule has 4 nitrogen and oxygen atoms in total. The molecule has 1 aliphatic heterocycles. The average Bonchev–Trinajstić information content (AvgIpc) is 2.86. The lowest BCUT2D eigenvalue weighted by Gasteiger charge is -2.16. The van der Waals surface area contributed by atoms with E-state index in [0.717, 1.165) is 6.42 Å². The minimum atomic E-state index is -0.158. The highest BCUT2D eigenvalue weighted by atomic mass is 35.5. The molecule has 1 amide bonds. The van der Waals surface area contributed by atoms with Crippen molar-refractivity contribution in [2.75, 3.05) is 13.2 Å². The number of benzene rings is 1. The van der Waals surface area contributed by atoms with Gasteiger partial charge in [0, 0.05) is 24.2 Å². The lowest BCUT2D eigenvalue weighted by molar-refractivity contribution is 0.0866. The third-order valence-corrected chi connectivity index (χ3v) is 3.70. The smallest absolute Gasteiger partial charge is 0.251 e. The highest BCUT2D eigenvalue weighted by Crippen LogP contribution is 2.18. The second-order valence-corrected chi connectivity index (χ2v) is 5.32. The van der Waals surface area contributed by atoms with E-state index in [4.69, 9.17) is 21.4 Å². The molecule has 0 radical (unpaired) electrons. The van der Waals surface area contributed by atoms with Crippen LogP contribution in [0.5, 0.6) is 0 Å². The van der Waals surface area contributed by atoms with E-state index in [1.807, 2.05) is 6.92 Å². The predicted octanol–water partition coefficient (Wildman–Crippen LogP) is 1.98. The Labute approximate surface area is 129 Å². The summed E-state index contributed by atoms with van der Waals surface area (Å²) >= 11 is 6.13. The largest absolute Gasteiger partial charge is 0.395 e. The number of ether oxygens (including phenoxy) is 1. The van der Waals surface area contributed by atoms with Crippen molar-refractivity contribution in [2.45, 2.75) is 31.9 Å². The van der Waals surface area contributed by atoms with Gasteiger partial charge in [-0.2, -0.15) is 0 Å². The average molecular weight is 308 g/mol. The van der Waals surface area contributed by atoms with Crippen molar-refractivity contribution in [1.82, 2.24) is 5.32 Å². The standard InChI is InChI=1S/C16H18ClNO3/c1-11-15(7-9-21-11)18-16(20)13-6-5-12(14(17)10-13)4-2-3-8-19/h5-6,10-11,15,19H,3,7-9H2,1H3,(H,18,20). The quantitative estimate of drug-likeness (QED) is 0.840. The Bertz CT molecular complexity index is 577. The van der Waals surface area contributed by atoms with Gasteiger partial charge < -0.3 is 15.2 Å². The molecule has 5 heteroatoms. The number of nitrogens with one attached hydrogen (secondary N) is 1. The van der Waals surface area contributed by atoms with Crippen molar-refractivity contribution in [2.24, 2.45) is 0 Å². The third kappa shape index (κ3) is 4.21. The van der Waals surface area contributed by atoms with Crippen molar-refractivity contribution in [3.8, 4) is 11.8 Å². The van der Waals surface area contributed by atoms with Crippen LogP contribution >= 0.6 is 11.6 Å². The molecule has 1 aromatic carbocycles. The van der Waals surface area contributed by atoms with Gasteiger partial charge in [-0.15, -0.1) is 0 Å². The normalized spacial score (nSPS) is 20.7. The first kappa shape index (κ1) is 15.8. The zero-order valence-electron chi connectivity index (χ0n) is 11.9. The molecule has 0 bridgehead atoms. The third-order valence-electron chi connectivity index (χ3n) is 3.38. The summed E-state index contributed by atoms with van der Waals surface area (Å²) in [6.07, 6.45) is 1.26. The fourth-order valence-corrected chi connectivity index (χ4v) is 2.37. The van der Waals surface area contributed by atoms with Crippen LogP contribution in [-0.2, 0) is 4.74 Å². The summed E-state index contributed by atoms with van der Waals surface area (Å²) in [4.78, 5) is 12.2. The molecule has 0 spiro atoms. The summed E-state index contributed by atoms with van der Waals surface area (Å²) in [6, 6.07) is 5.07. The summed E-state index contributed by atoms with van der Waals surface area (Å²) in [5.74, 6) is 5.51. The highest BCUT2D eigenvalue weighted by Gasteiger charge is 2.26. The zero-order chi connectivity index (χ0) is 15.2. The monoisotopic (exact) mass is 307 g/mol. The van der Waals surface area contributed by atoms with Gasteiger partial charge in [0.05, 0.1) is 23.8 Å². The van der Waals surface area contributed by atoms with Crippen molar-refractivity contribution < 1.29 is 14.6 Å². The second kappa shape index (κ2) is 7.46. The molecule has 0 aliphatic carbocycles. The van der Waals surface area contributed by atoms with Crippen LogP contribution in [0.3, 0.4) is 0 Å². The summed E-state index contributed by atoms with van der Waals surface area (Å²) in [5.41, 5.74) is 1.16. The van der Waals surface area contributed by atoms with E-state index in [-0.39, 0.29) is 24.7 Å². The van der Waals surface area contributed by atoms with E-state index in [9.17, 15) is 4.79 Å². The first-order valence-corrected chi connectivity index (χ1v) is 7.31. The van der Waals surface area contributed by atoms with Crippen molar-refractivity contribution >= 4 is 17.5 Å². The molecule has 2 unspecified atom stereocenters. The van der Waals surface area contributed by atoms with E-state index >= 15 is 0 Å². The van der Waals surface area contributed by atoms with Crippen LogP contribution in [0.25, 0.3) is 0 Å². The summed E-state index contributed by atoms with van der Waals surface area (Å²) in [6.45, 7) is 2.64. The first-order valence-electron chi connectivity index (χ1n) is 6.93. The van der Waals surface area contributed by atoms with E-state index in [1.165, 1.54) is 0 Å². The van der Waals surface area contributed by atoms with Gasteiger partial charge in [-0.1, -0.05) is 23.4 Å². The number of hydrogen-bond donors (Lipinski definition) is 2. The number of carbonyl (C=O) groups excluding carboxylic acids is 1. The summed E-state index contributed by atoms with van der Waals surface area (Å²) in [5, 5.41) is 12.1. The molecule has 2 atom stereocenters. The van der Waals surface area contributed by atoms with Crippen LogP contribution in [0.2, 0.25) is 5.02 Å². The molecule has 1 aromatic rings. The Morgan fingerprint density at radius 3 is 3.00 bits per heavy atom. The molecule has 1 heterocycles. The van der Waals surface area contributed by atoms with Crippen LogP contribution in [0, 0.1) is 11.8 Å². The lowest BCUT2D eigenvalue weighted by atomic mass is 10.1. The topological polar surface area (TPSA) is 58.6 Å². The summed E-state index contributed by atoms with van der Waals surface area (Å²) < 4.78 is 5.42. The van der Waals surface area contributed by atoms with Gasteiger partial charge in [0.25, 0.3) is 5.91 Å². The number of halogens is 1. The molecule has 0 aromatic heterocycles. The van der Waals surface area contributed by atoms with Gasteiger partial charge in [0.1, 0.15) is 0 Å². The van der Waals surface area contributed by atoms with Gasteiger partial charge in [0.15, 0.2) is 0 Å². The second-order valence-electron chi connectivity index (χ2n) is 4.91. The van der Waals surface area contributed by atoms with Gasteiger partial charge in [-0.05, 0) is 31.5 Å². The van der Waals surface area contributed by atoms with Crippen LogP contribution in [-0.4, -0.2) is 36.4 Å². The van der Waals surface area contributed by atoms with E-state index in [2.05, 4.69) is 17.2 Å². The maximum absolute atomic E-state index is 12.2. The van der Waals surface area contributed by atoms with Crippen LogP contribution in [0.1, 0.15) is 35.7 Å². The van der Waals surface area contributed by atoms with Crippen LogP contribution in [0.4, 0.5) is 0 Å². The molecule has 1 fully saturated rings. The SMILES string of the molecule is CC1OCCC1NC(=O)c1ccc(C#CCCO)c(Cl)c1. The first-order chi connectivity index (χ1) is 10.1. The Morgan fingerprint density at radius 2 is 2.38 bits per heavy atom. The Morgan fingerprint density at radius 1 is 1.57 bits per heavy atom. The number of carbonyl (C=O) groups is 1. The Hall–Kier alpha value is -1.54. The zero-order valence-corrected chi connectivity index (χ0v) is 12.6. The van der Waals surface area contributed by atoms with Gasteiger partial charge >= 0.3 is 0 Å². The van der Waals surface area contributed by atoms with E-state index in [1.54, 1.807) is 18.2 Å². The molecular weight excluding hydrogens is 290 g/mol. The molecule has 1 aliphatic rings. The van der Waals surface area contributed by atoms with Gasteiger partial charge in [0.2, 0.25) is 0 Å². The number of amides is 1. The summed E-state index contributed by atoms with van der Waals surface area (Å²) in [7, 11) is 0. The van der Waals surface area contributed by atoms with E-state index in [0.29, 0.717) is 29.2 Å². The van der Waals surface area contributed by atoms with Crippen molar-refractivity contribution in [3.63, 3.8) is 0 Å². The molecule has 0 saturated carbocycles. The Kier molecular flexibility index (Phi) is 5.63. The molecule has 21 heavy (non-hydrogen) atoms. The number of rotatable bonds is 3. The maximum Gasteiger partial charge on any atom is 0.251 e. The van der Waals surface area contributed by atoms with Gasteiger partial charge in [-0.3, -0.25) is 4.79 Å². The fraction of sp³-hybridized carbons (Fsp3) is 0.438. The van der Waals surface area contributed by atoms with Crippen molar-refractivity contribution in [1.29, 1.82) is 0 Å². The minimum absolute atomic E-state index is 0.0206. The number of hydrogen-bond acceptors (Lipinski definition) is 3. The molecule has 2 rings (SSSR count). The molecule has 2 N–H and O–H groups in total. The maximum atomic E-state index is 12.2. The molecular formula is C16H18ClNO3. The Balaban J connectivity index is 2.05. The number of aliphatic hydroxyl groups excluding tert-OH is 1.